The average Bonchev–Trinajstić information content (AvgIpc) is 2.72. The molecule has 3 heteroatoms. The highest BCUT2D eigenvalue weighted by Crippen LogP contribution is 2.62. The molecule has 1 aliphatic heterocycles. The van der Waals surface area contributed by atoms with Crippen molar-refractivity contribution in [3.63, 3.8) is 0 Å². The molecule has 2 bridgehead atoms. The number of rotatable bonds is 2. The average molecular weight is 264 g/mol. The minimum atomic E-state index is 0.0305. The fraction of sp³-hybridized carbons (Fsp3) is 0.938. The molecule has 3 nitrogen and oxygen atoms in total. The first kappa shape index (κ1) is 13.4. The van der Waals surface area contributed by atoms with Crippen molar-refractivity contribution in [2.45, 2.75) is 71.4 Å². The molecule has 3 aliphatic rings. The topological polar surface area (TPSA) is 41.1 Å². The van der Waals surface area contributed by atoms with Crippen LogP contribution in [0.5, 0.6) is 0 Å². The van der Waals surface area contributed by atoms with Crippen LogP contribution in [-0.4, -0.2) is 24.5 Å². The number of carbonyl (C=O) groups excluding carboxylic acids is 1. The Bertz CT molecular complexity index is 374. The van der Waals surface area contributed by atoms with E-state index in [1.54, 1.807) is 0 Å². The summed E-state index contributed by atoms with van der Waals surface area (Å²) in [6, 6.07) is 0.524. The van der Waals surface area contributed by atoms with Crippen molar-refractivity contribution < 1.29 is 4.79 Å². The van der Waals surface area contributed by atoms with Gasteiger partial charge in [0.1, 0.15) is 0 Å². The quantitative estimate of drug-likeness (QED) is 0.804. The molecule has 0 aromatic rings. The summed E-state index contributed by atoms with van der Waals surface area (Å²) in [6.07, 6.45) is 7.32. The molecule has 108 valence electrons. The predicted molar refractivity (Wildman–Crippen MR) is 76.8 cm³/mol. The molecule has 1 saturated heterocycles. The first-order valence-electron chi connectivity index (χ1n) is 7.97. The van der Waals surface area contributed by atoms with Crippen LogP contribution in [0.4, 0.5) is 0 Å². The summed E-state index contributed by atoms with van der Waals surface area (Å²) in [5, 5.41) is 6.81. The van der Waals surface area contributed by atoms with Gasteiger partial charge in [-0.3, -0.25) is 4.79 Å². The van der Waals surface area contributed by atoms with Crippen molar-refractivity contribution in [3.8, 4) is 0 Å². The summed E-state index contributed by atoms with van der Waals surface area (Å²) >= 11 is 0. The molecule has 0 aromatic carbocycles. The molecule has 4 atom stereocenters. The van der Waals surface area contributed by atoms with E-state index in [4.69, 9.17) is 0 Å². The van der Waals surface area contributed by atoms with E-state index in [0.717, 1.165) is 31.7 Å². The molecule has 2 aliphatic carbocycles. The Kier molecular flexibility index (Phi) is 3.16. The molecule has 2 saturated carbocycles. The smallest absolute Gasteiger partial charge is 0.237 e. The summed E-state index contributed by atoms with van der Waals surface area (Å²) in [5.74, 6) is 1.06. The van der Waals surface area contributed by atoms with Crippen molar-refractivity contribution in [1.82, 2.24) is 10.6 Å². The van der Waals surface area contributed by atoms with Gasteiger partial charge in [-0.1, -0.05) is 20.8 Å². The molecule has 1 heterocycles. The zero-order valence-electron chi connectivity index (χ0n) is 12.6. The van der Waals surface area contributed by atoms with Gasteiger partial charge in [0.2, 0.25) is 5.91 Å². The Morgan fingerprint density at radius 1 is 1.21 bits per heavy atom. The third kappa shape index (κ3) is 2.10. The van der Waals surface area contributed by atoms with E-state index in [2.05, 4.69) is 31.4 Å². The van der Waals surface area contributed by atoms with Gasteiger partial charge in [0.25, 0.3) is 0 Å². The van der Waals surface area contributed by atoms with Crippen LogP contribution in [0.2, 0.25) is 0 Å². The fourth-order valence-corrected chi connectivity index (χ4v) is 5.02. The Balaban J connectivity index is 1.76. The van der Waals surface area contributed by atoms with Crippen LogP contribution < -0.4 is 10.6 Å². The van der Waals surface area contributed by atoms with Crippen molar-refractivity contribution in [2.24, 2.45) is 16.7 Å². The normalized spacial score (nSPS) is 45.0. The first-order chi connectivity index (χ1) is 8.93. The maximum absolute atomic E-state index is 12.2. The second-order valence-corrected chi connectivity index (χ2v) is 7.85. The number of fused-ring (bicyclic) bond motifs is 2. The monoisotopic (exact) mass is 264 g/mol. The SMILES string of the molecule is CC12CCC(C1)C(C)(C)C2NC1CCCCNC1=O. The van der Waals surface area contributed by atoms with Gasteiger partial charge < -0.3 is 10.6 Å². The molecule has 0 radical (unpaired) electrons. The Morgan fingerprint density at radius 3 is 2.68 bits per heavy atom. The number of hydrogen-bond donors (Lipinski definition) is 2. The molecule has 1 amide bonds. The van der Waals surface area contributed by atoms with E-state index >= 15 is 0 Å². The summed E-state index contributed by atoms with van der Waals surface area (Å²) in [5.41, 5.74) is 0.736. The van der Waals surface area contributed by atoms with Gasteiger partial charge >= 0.3 is 0 Å². The van der Waals surface area contributed by atoms with Gasteiger partial charge in [0.15, 0.2) is 0 Å². The van der Waals surface area contributed by atoms with Crippen molar-refractivity contribution in [1.29, 1.82) is 0 Å². The number of amides is 1. The van der Waals surface area contributed by atoms with Gasteiger partial charge in [-0.05, 0) is 55.3 Å². The lowest BCUT2D eigenvalue weighted by molar-refractivity contribution is -0.123. The number of carbonyl (C=O) groups is 1. The van der Waals surface area contributed by atoms with Crippen LogP contribution in [-0.2, 0) is 4.79 Å². The van der Waals surface area contributed by atoms with E-state index in [0.29, 0.717) is 16.9 Å². The molecule has 0 aromatic heterocycles. The van der Waals surface area contributed by atoms with Crippen LogP contribution >= 0.6 is 0 Å². The lowest BCUT2D eigenvalue weighted by Gasteiger charge is -2.44. The Labute approximate surface area is 116 Å². The number of nitrogens with one attached hydrogen (secondary N) is 2. The summed E-state index contributed by atoms with van der Waals surface area (Å²) in [4.78, 5) is 12.2. The van der Waals surface area contributed by atoms with E-state index in [-0.39, 0.29) is 11.9 Å². The second-order valence-electron chi connectivity index (χ2n) is 7.85. The first-order valence-corrected chi connectivity index (χ1v) is 7.97. The molecule has 3 rings (SSSR count). The summed E-state index contributed by atoms with van der Waals surface area (Å²) < 4.78 is 0. The maximum Gasteiger partial charge on any atom is 0.237 e. The van der Waals surface area contributed by atoms with Crippen molar-refractivity contribution >= 4 is 5.91 Å². The van der Waals surface area contributed by atoms with E-state index in [1.165, 1.54) is 19.3 Å². The molecule has 0 spiro atoms. The summed E-state index contributed by atoms with van der Waals surface area (Å²) in [7, 11) is 0. The van der Waals surface area contributed by atoms with Gasteiger partial charge in [-0.2, -0.15) is 0 Å². The van der Waals surface area contributed by atoms with E-state index < -0.39 is 0 Å². The minimum Gasteiger partial charge on any atom is -0.355 e. The molecular weight excluding hydrogens is 236 g/mol. The fourth-order valence-electron chi connectivity index (χ4n) is 5.02. The van der Waals surface area contributed by atoms with Crippen molar-refractivity contribution in [3.05, 3.63) is 0 Å². The highest BCUT2D eigenvalue weighted by atomic mass is 16.2. The molecular formula is C16H28N2O. The second kappa shape index (κ2) is 4.47. The van der Waals surface area contributed by atoms with Gasteiger partial charge in [0, 0.05) is 12.6 Å². The van der Waals surface area contributed by atoms with Crippen LogP contribution in [0.15, 0.2) is 0 Å². The standard InChI is InChI=1S/C16H28N2O/c1-15(2)11-7-8-16(3,10-11)14(15)18-12-6-4-5-9-17-13(12)19/h11-12,14,18H,4-10H2,1-3H3,(H,17,19). The van der Waals surface area contributed by atoms with Gasteiger partial charge in [0.05, 0.1) is 6.04 Å². The largest absolute Gasteiger partial charge is 0.355 e. The third-order valence-electron chi connectivity index (χ3n) is 6.17. The molecule has 19 heavy (non-hydrogen) atoms. The van der Waals surface area contributed by atoms with Gasteiger partial charge in [-0.15, -0.1) is 0 Å². The minimum absolute atomic E-state index is 0.0305. The third-order valence-corrected chi connectivity index (χ3v) is 6.17. The summed E-state index contributed by atoms with van der Waals surface area (Å²) in [6.45, 7) is 8.07. The van der Waals surface area contributed by atoms with Crippen LogP contribution in [0.25, 0.3) is 0 Å². The Morgan fingerprint density at radius 2 is 2.00 bits per heavy atom. The van der Waals surface area contributed by atoms with Crippen LogP contribution in [0.1, 0.15) is 59.3 Å². The molecule has 4 unspecified atom stereocenters. The zero-order valence-corrected chi connectivity index (χ0v) is 12.6. The molecule has 3 fully saturated rings. The maximum atomic E-state index is 12.2. The highest BCUT2D eigenvalue weighted by molar-refractivity contribution is 5.82. The zero-order chi connectivity index (χ0) is 13.7. The van der Waals surface area contributed by atoms with E-state index in [1.807, 2.05) is 0 Å². The van der Waals surface area contributed by atoms with Crippen LogP contribution in [0, 0.1) is 16.7 Å². The lowest BCUT2D eigenvalue weighted by atomic mass is 9.68. The number of hydrogen-bond acceptors (Lipinski definition) is 2. The van der Waals surface area contributed by atoms with Gasteiger partial charge in [-0.25, -0.2) is 0 Å². The lowest BCUT2D eigenvalue weighted by Crippen LogP contribution is -2.57. The molecule has 2 N–H and O–H groups in total. The van der Waals surface area contributed by atoms with E-state index in [9.17, 15) is 4.79 Å². The van der Waals surface area contributed by atoms with Crippen LogP contribution in [0.3, 0.4) is 0 Å². The predicted octanol–water partition coefficient (Wildman–Crippen LogP) is 2.46. The highest BCUT2D eigenvalue weighted by Gasteiger charge is 2.59. The Hall–Kier alpha value is -0.570. The van der Waals surface area contributed by atoms with Crippen molar-refractivity contribution in [2.75, 3.05) is 6.54 Å².